The number of methoxy groups -OCH3 is 2. The molecule has 2 fully saturated rings. The predicted molar refractivity (Wildman–Crippen MR) is 195 cm³/mol. The van der Waals surface area contributed by atoms with Crippen LogP contribution in [0.1, 0.15) is 82.8 Å². The number of Topliss-reactive ketones (excluding diaryl/α,β-unsaturated/α-hetero) is 1. The Morgan fingerprint density at radius 3 is 2.10 bits per heavy atom. The third-order valence-electron chi connectivity index (χ3n) is 9.88. The zero-order valence-electron chi connectivity index (χ0n) is 30.6. The molecular weight excluding hydrogens is 664 g/mol. The molecule has 2 aromatic carbocycles. The maximum atomic E-state index is 13.5. The van der Waals surface area contributed by atoms with E-state index in [0.717, 1.165) is 35.0 Å². The van der Waals surface area contributed by atoms with Crippen molar-refractivity contribution in [2.24, 2.45) is 23.7 Å². The zero-order chi connectivity index (χ0) is 37.5. The Morgan fingerprint density at radius 2 is 1.44 bits per heavy atom. The van der Waals surface area contributed by atoms with Crippen LogP contribution in [0.5, 0.6) is 0 Å². The molecule has 4 N–H and O–H groups in total. The van der Waals surface area contributed by atoms with E-state index in [1.807, 2.05) is 58.0 Å². The number of fused-ring (bicyclic) bond motifs is 1. The number of carbonyl (C=O) groups excluding carboxylic acids is 5. The summed E-state index contributed by atoms with van der Waals surface area (Å²) in [6.45, 7) is 8.08. The van der Waals surface area contributed by atoms with Crippen LogP contribution in [0.15, 0.2) is 42.5 Å². The second-order valence-electron chi connectivity index (χ2n) is 14.2. The second kappa shape index (κ2) is 16.8. The number of anilines is 1. The maximum Gasteiger partial charge on any atom is 0.407 e. The number of aromatic nitrogens is 2. The van der Waals surface area contributed by atoms with Gasteiger partial charge in [-0.05, 0) is 86.4 Å². The molecule has 3 aromatic rings. The summed E-state index contributed by atoms with van der Waals surface area (Å²) in [7, 11) is 2.54. The number of hydrogen-bond donors (Lipinski definition) is 4. The number of aromatic amines is 1. The molecule has 1 aliphatic heterocycles. The molecule has 5 rings (SSSR count). The fourth-order valence-corrected chi connectivity index (χ4v) is 6.97. The van der Waals surface area contributed by atoms with Crippen molar-refractivity contribution in [2.75, 3.05) is 26.1 Å². The molecule has 2 heterocycles. The summed E-state index contributed by atoms with van der Waals surface area (Å²) in [6.07, 6.45) is 1.93. The number of imidazole rings is 1. The Balaban J connectivity index is 1.19. The monoisotopic (exact) mass is 712 g/mol. The van der Waals surface area contributed by atoms with Crippen molar-refractivity contribution in [1.82, 2.24) is 25.5 Å². The SMILES string of the molecule is COC(=O)N[C@H](C(=O)C1CCC(C(=O)Nc2ccc(C#Cc3ccc4nc([C@@H]5CCCN5C(=O)[C@@H](NC(=O)OC)C(C)C)[nH]c4c3)cc2)C1)C(C)C. The summed E-state index contributed by atoms with van der Waals surface area (Å²) >= 11 is 0. The number of amides is 4. The van der Waals surface area contributed by atoms with E-state index in [1.54, 1.807) is 17.0 Å². The van der Waals surface area contributed by atoms with Gasteiger partial charge in [0.25, 0.3) is 0 Å². The van der Waals surface area contributed by atoms with Crippen LogP contribution in [-0.4, -0.2) is 77.5 Å². The van der Waals surface area contributed by atoms with Crippen LogP contribution in [0.25, 0.3) is 11.0 Å². The Bertz CT molecular complexity index is 1860. The first-order chi connectivity index (χ1) is 24.9. The number of ether oxygens (including phenoxy) is 2. The number of H-pyrrole nitrogens is 1. The number of benzene rings is 2. The predicted octanol–water partition coefficient (Wildman–Crippen LogP) is 5.31. The van der Waals surface area contributed by atoms with E-state index in [0.29, 0.717) is 37.3 Å². The van der Waals surface area contributed by atoms with E-state index < -0.39 is 24.3 Å². The van der Waals surface area contributed by atoms with Crippen molar-refractivity contribution >= 4 is 46.5 Å². The molecule has 0 bridgehead atoms. The van der Waals surface area contributed by atoms with E-state index >= 15 is 0 Å². The first-order valence-corrected chi connectivity index (χ1v) is 17.8. The molecule has 13 nitrogen and oxygen atoms in total. The summed E-state index contributed by atoms with van der Waals surface area (Å²) in [4.78, 5) is 73.3. The van der Waals surface area contributed by atoms with Crippen molar-refractivity contribution < 1.29 is 33.4 Å². The Kier molecular flexibility index (Phi) is 12.2. The van der Waals surface area contributed by atoms with Crippen LogP contribution in [-0.2, 0) is 23.9 Å². The van der Waals surface area contributed by atoms with Crippen molar-refractivity contribution in [3.05, 3.63) is 59.4 Å². The van der Waals surface area contributed by atoms with E-state index in [1.165, 1.54) is 14.2 Å². The van der Waals surface area contributed by atoms with Crippen LogP contribution in [0.2, 0.25) is 0 Å². The maximum absolute atomic E-state index is 13.5. The summed E-state index contributed by atoms with van der Waals surface area (Å²) in [5.74, 6) is 5.89. The standard InChI is InChI=1S/C39H48N6O7/c1-22(2)32(43-38(49)51-5)34(46)26-14-15-27(21-26)36(47)40-28-16-11-24(12-17-28)9-10-25-13-18-29-30(20-25)42-35(41-29)31-8-7-19-45(31)37(48)33(23(3)4)44-39(50)52-6/h11-13,16-18,20,22-23,26-27,31-33H,7-8,14-15,19,21H2,1-6H3,(H,40,47)(H,41,42)(H,43,49)(H,44,50)/t26?,27?,31-,32-,33-/m0/s1. The highest BCUT2D eigenvalue weighted by molar-refractivity contribution is 5.95. The van der Waals surface area contributed by atoms with Crippen molar-refractivity contribution in [2.45, 2.75) is 77.9 Å². The number of hydrogen-bond acceptors (Lipinski definition) is 8. The van der Waals surface area contributed by atoms with Crippen molar-refractivity contribution in [3.63, 3.8) is 0 Å². The number of ketones is 1. The largest absolute Gasteiger partial charge is 0.453 e. The fourth-order valence-electron chi connectivity index (χ4n) is 6.97. The topological polar surface area (TPSA) is 172 Å². The number of nitrogens with zero attached hydrogens (tertiary/aromatic N) is 2. The summed E-state index contributed by atoms with van der Waals surface area (Å²) in [6, 6.07) is 11.4. The Morgan fingerprint density at radius 1 is 0.827 bits per heavy atom. The van der Waals surface area contributed by atoms with Crippen molar-refractivity contribution in [3.8, 4) is 11.8 Å². The third-order valence-corrected chi connectivity index (χ3v) is 9.88. The van der Waals surface area contributed by atoms with Gasteiger partial charge in [0.05, 0.1) is 37.3 Å². The number of rotatable bonds is 10. The molecule has 5 atom stereocenters. The molecule has 0 spiro atoms. The van der Waals surface area contributed by atoms with Crippen LogP contribution in [0.4, 0.5) is 15.3 Å². The van der Waals surface area contributed by atoms with Gasteiger partial charge in [-0.2, -0.15) is 0 Å². The minimum absolute atomic E-state index is 0.0654. The molecule has 2 unspecified atom stereocenters. The molecular formula is C39H48N6O7. The minimum Gasteiger partial charge on any atom is -0.453 e. The molecule has 276 valence electrons. The van der Waals surface area contributed by atoms with Crippen LogP contribution >= 0.6 is 0 Å². The molecule has 52 heavy (non-hydrogen) atoms. The Labute approximate surface area is 304 Å². The van der Waals surface area contributed by atoms with Gasteiger partial charge >= 0.3 is 12.2 Å². The van der Waals surface area contributed by atoms with Crippen LogP contribution in [0.3, 0.4) is 0 Å². The quantitative estimate of drug-likeness (QED) is 0.205. The van der Waals surface area contributed by atoms with E-state index in [9.17, 15) is 24.0 Å². The average molecular weight is 713 g/mol. The number of likely N-dealkylation sites (tertiary alicyclic amines) is 1. The fraction of sp³-hybridized carbons (Fsp3) is 0.487. The zero-order valence-corrected chi connectivity index (χ0v) is 30.6. The van der Waals surface area contributed by atoms with E-state index in [4.69, 9.17) is 9.72 Å². The lowest BCUT2D eigenvalue weighted by Gasteiger charge is -2.29. The highest BCUT2D eigenvalue weighted by Gasteiger charge is 2.39. The van der Waals surface area contributed by atoms with Gasteiger partial charge < -0.3 is 35.3 Å². The molecule has 0 radical (unpaired) electrons. The normalized spacial score (nSPS) is 19.5. The summed E-state index contributed by atoms with van der Waals surface area (Å²) < 4.78 is 9.41. The molecule has 1 saturated carbocycles. The highest BCUT2D eigenvalue weighted by Crippen LogP contribution is 2.35. The lowest BCUT2D eigenvalue weighted by atomic mass is 9.89. The molecule has 2 aliphatic rings. The van der Waals surface area contributed by atoms with Gasteiger partial charge in [-0.1, -0.05) is 39.5 Å². The van der Waals surface area contributed by atoms with Crippen LogP contribution < -0.4 is 16.0 Å². The number of carbonyl (C=O) groups is 5. The average Bonchev–Trinajstić information content (AvgIpc) is 3.91. The summed E-state index contributed by atoms with van der Waals surface area (Å²) in [5, 5.41) is 8.28. The molecule has 4 amide bonds. The minimum atomic E-state index is -0.705. The van der Waals surface area contributed by atoms with Gasteiger partial charge in [-0.25, -0.2) is 14.6 Å². The van der Waals surface area contributed by atoms with E-state index in [-0.39, 0.29) is 47.3 Å². The lowest BCUT2D eigenvalue weighted by molar-refractivity contribution is -0.135. The second-order valence-corrected chi connectivity index (χ2v) is 14.2. The first-order valence-electron chi connectivity index (χ1n) is 17.8. The third kappa shape index (κ3) is 8.91. The number of nitrogens with one attached hydrogen (secondary N) is 4. The lowest BCUT2D eigenvalue weighted by Crippen LogP contribution is -2.51. The van der Waals surface area contributed by atoms with Gasteiger partial charge in [0.1, 0.15) is 11.9 Å². The molecule has 1 aliphatic carbocycles. The molecule has 1 aromatic heterocycles. The van der Waals surface area contributed by atoms with Gasteiger partial charge in [0, 0.05) is 35.2 Å². The van der Waals surface area contributed by atoms with Gasteiger partial charge in [-0.15, -0.1) is 0 Å². The Hall–Kier alpha value is -5.38. The summed E-state index contributed by atoms with van der Waals surface area (Å²) in [5.41, 5.74) is 3.78. The van der Waals surface area contributed by atoms with Crippen LogP contribution in [0, 0.1) is 35.5 Å². The van der Waals surface area contributed by atoms with Crippen molar-refractivity contribution in [1.29, 1.82) is 0 Å². The number of alkyl carbamates (subject to hydrolysis) is 2. The highest BCUT2D eigenvalue weighted by atomic mass is 16.5. The van der Waals surface area contributed by atoms with Gasteiger partial charge in [-0.3, -0.25) is 14.4 Å². The smallest absolute Gasteiger partial charge is 0.407 e. The molecule has 1 saturated heterocycles. The van der Waals surface area contributed by atoms with Gasteiger partial charge in [0.15, 0.2) is 5.78 Å². The molecule has 13 heteroatoms. The van der Waals surface area contributed by atoms with E-state index in [2.05, 4.69) is 37.5 Å². The van der Waals surface area contributed by atoms with Gasteiger partial charge in [0.2, 0.25) is 11.8 Å². The first kappa shape index (κ1) is 37.9.